The maximum atomic E-state index is 12.5. The summed E-state index contributed by atoms with van der Waals surface area (Å²) in [5.74, 6) is 1.16. The monoisotopic (exact) mass is 583 g/mol. The molecule has 1 unspecified atom stereocenters. The molecule has 234 valence electrons. The van der Waals surface area contributed by atoms with Gasteiger partial charge >= 0.3 is 0 Å². The number of para-hydroxylation sites is 1. The van der Waals surface area contributed by atoms with Crippen LogP contribution >= 0.6 is 0 Å². The number of aliphatic hydroxyl groups excluding tert-OH is 1. The highest BCUT2D eigenvalue weighted by atomic mass is 16.5. The van der Waals surface area contributed by atoms with Gasteiger partial charge in [-0.05, 0) is 56.9 Å². The molecular weight excluding hydrogens is 530 g/mol. The van der Waals surface area contributed by atoms with Gasteiger partial charge in [-0.2, -0.15) is 0 Å². The van der Waals surface area contributed by atoms with Crippen LogP contribution in [0.2, 0.25) is 0 Å². The largest absolute Gasteiger partial charge is 0.465 e. The number of carbonyl (C=O) groups is 1. The van der Waals surface area contributed by atoms with E-state index in [0.717, 1.165) is 43.9 Å². The van der Waals surface area contributed by atoms with E-state index >= 15 is 0 Å². The van der Waals surface area contributed by atoms with Crippen LogP contribution < -0.4 is 10.1 Å². The Hall–Kier alpha value is -3.46. The summed E-state index contributed by atoms with van der Waals surface area (Å²) in [4.78, 5) is 19.1. The molecule has 1 rings (SSSR count). The Labute approximate surface area is 253 Å². The molecule has 3 N–H and O–H groups in total. The van der Waals surface area contributed by atoms with Gasteiger partial charge in [-0.3, -0.25) is 9.79 Å². The highest BCUT2D eigenvalue weighted by Crippen LogP contribution is 2.10. The number of benzene rings is 1. The van der Waals surface area contributed by atoms with Crippen molar-refractivity contribution < 1.29 is 24.5 Å². The lowest BCUT2D eigenvalue weighted by Crippen LogP contribution is -2.32. The molecular formula is C34H53N3O5. The van der Waals surface area contributed by atoms with Crippen molar-refractivity contribution in [2.75, 3.05) is 39.9 Å². The lowest BCUT2D eigenvalue weighted by atomic mass is 10.1. The maximum Gasteiger partial charge on any atom is 0.227 e. The van der Waals surface area contributed by atoms with Gasteiger partial charge < -0.3 is 29.9 Å². The average molecular weight is 584 g/mol. The molecule has 0 spiro atoms. The average Bonchev–Trinajstić information content (AvgIpc) is 3.01. The van der Waals surface area contributed by atoms with Crippen LogP contribution in [0.5, 0.6) is 5.75 Å². The summed E-state index contributed by atoms with van der Waals surface area (Å²) in [7, 11) is 1.76. The van der Waals surface area contributed by atoms with Gasteiger partial charge in [0.1, 0.15) is 11.6 Å². The van der Waals surface area contributed by atoms with Crippen molar-refractivity contribution in [1.82, 2.24) is 10.2 Å². The number of hydrogen-bond acceptors (Lipinski definition) is 6. The van der Waals surface area contributed by atoms with E-state index in [-0.39, 0.29) is 11.8 Å². The summed E-state index contributed by atoms with van der Waals surface area (Å²) >= 11 is 0. The second-order valence-electron chi connectivity index (χ2n) is 8.86. The summed E-state index contributed by atoms with van der Waals surface area (Å²) < 4.78 is 11.2. The van der Waals surface area contributed by atoms with Crippen molar-refractivity contribution >= 4 is 11.7 Å². The van der Waals surface area contributed by atoms with Crippen molar-refractivity contribution in [3.63, 3.8) is 0 Å². The molecule has 0 bridgehead atoms. The first-order chi connectivity index (χ1) is 20.5. The van der Waals surface area contributed by atoms with E-state index < -0.39 is 6.29 Å². The van der Waals surface area contributed by atoms with Crippen molar-refractivity contribution in [1.29, 1.82) is 0 Å². The minimum Gasteiger partial charge on any atom is -0.465 e. The molecule has 0 aromatic heterocycles. The number of amides is 1. The number of hydrogen-bond donors (Lipinski definition) is 3. The number of aliphatic hydroxyl groups is 2. The molecule has 0 saturated heterocycles. The van der Waals surface area contributed by atoms with Crippen LogP contribution in [0.4, 0.5) is 0 Å². The van der Waals surface area contributed by atoms with E-state index in [1.807, 2.05) is 75.4 Å². The molecule has 0 aliphatic heterocycles. The maximum absolute atomic E-state index is 12.5. The lowest BCUT2D eigenvalue weighted by molar-refractivity contribution is -0.123. The Bertz CT molecular complexity index is 984. The summed E-state index contributed by atoms with van der Waals surface area (Å²) in [6.45, 7) is 14.8. The molecule has 0 aliphatic carbocycles. The first kappa shape index (κ1) is 38.5. The standard InChI is InChI=1S/C32H47N3O5.C2H6/c1-5-8-16-28(32(37)38)21-26-39-24-13-12-23-35(7-3)30(33-4)20-14-22-34-31(36)27(6-2)17-15-25-40-29-18-10-9-11-19-29;1-2/h6,8-11,14-16,18-21,25,27,32,37-38H,2,5,7,12-13,17,22-24,26H2,1,3-4H3,(H,34,36);1-2H3/b16-8-,20-14-,25-15+,28-21+,33-30?;. The fourth-order valence-corrected chi connectivity index (χ4v) is 3.61. The van der Waals surface area contributed by atoms with Crippen LogP contribution in [0.3, 0.4) is 0 Å². The van der Waals surface area contributed by atoms with Crippen molar-refractivity contribution in [2.24, 2.45) is 10.9 Å². The number of allylic oxidation sites excluding steroid dienone is 2. The first-order valence-corrected chi connectivity index (χ1v) is 14.9. The van der Waals surface area contributed by atoms with Crippen LogP contribution in [-0.2, 0) is 9.53 Å². The van der Waals surface area contributed by atoms with Crippen LogP contribution in [0.15, 0.2) is 96.3 Å². The smallest absolute Gasteiger partial charge is 0.227 e. The molecule has 0 aliphatic rings. The van der Waals surface area contributed by atoms with Crippen LogP contribution in [0.1, 0.15) is 53.4 Å². The van der Waals surface area contributed by atoms with Crippen molar-refractivity contribution in [3.8, 4) is 5.75 Å². The van der Waals surface area contributed by atoms with E-state index in [9.17, 15) is 15.0 Å². The lowest BCUT2D eigenvalue weighted by Gasteiger charge is -2.22. The predicted octanol–water partition coefficient (Wildman–Crippen LogP) is 5.82. The summed E-state index contributed by atoms with van der Waals surface area (Å²) in [5, 5.41) is 21.7. The van der Waals surface area contributed by atoms with Crippen molar-refractivity contribution in [3.05, 3.63) is 91.3 Å². The SMILES string of the molecule is C=CC(C/C=C/Oc1ccccc1)C(=O)NC/C=C\C(=NC)N(CC)CCCCOC/C=C(\C=C/CC)C(O)O.CC. The molecule has 0 radical (unpaired) electrons. The molecule has 1 amide bonds. The van der Waals surface area contributed by atoms with E-state index in [4.69, 9.17) is 9.47 Å². The third-order valence-corrected chi connectivity index (χ3v) is 5.90. The van der Waals surface area contributed by atoms with Gasteiger partial charge in [0.25, 0.3) is 0 Å². The third kappa shape index (κ3) is 18.1. The number of likely N-dealkylation sites (N-methyl/N-ethyl adjacent to an activating group) is 1. The van der Waals surface area contributed by atoms with Gasteiger partial charge in [0.15, 0.2) is 6.29 Å². The van der Waals surface area contributed by atoms with Crippen molar-refractivity contribution in [2.45, 2.75) is 59.7 Å². The van der Waals surface area contributed by atoms with E-state index in [2.05, 4.69) is 28.7 Å². The fourth-order valence-electron chi connectivity index (χ4n) is 3.61. The molecule has 0 fully saturated rings. The molecule has 8 heteroatoms. The Kier molecular flexibility index (Phi) is 24.3. The van der Waals surface area contributed by atoms with E-state index in [0.29, 0.717) is 31.8 Å². The Morgan fingerprint density at radius 2 is 1.83 bits per heavy atom. The van der Waals surface area contributed by atoms with Gasteiger partial charge in [0.2, 0.25) is 5.91 Å². The number of nitrogens with zero attached hydrogens (tertiary/aromatic N) is 2. The second-order valence-corrected chi connectivity index (χ2v) is 8.86. The topological polar surface area (TPSA) is 104 Å². The molecule has 0 heterocycles. The molecule has 1 aromatic rings. The normalized spacial score (nSPS) is 13.0. The highest BCUT2D eigenvalue weighted by molar-refractivity contribution is 5.93. The molecule has 8 nitrogen and oxygen atoms in total. The van der Waals surface area contributed by atoms with Gasteiger partial charge in [-0.1, -0.05) is 69.4 Å². The zero-order valence-electron chi connectivity index (χ0n) is 26.2. The van der Waals surface area contributed by atoms with Gasteiger partial charge in [-0.15, -0.1) is 6.58 Å². The number of amidine groups is 1. The third-order valence-electron chi connectivity index (χ3n) is 5.90. The minimum absolute atomic E-state index is 0.0943. The predicted molar refractivity (Wildman–Crippen MR) is 174 cm³/mol. The van der Waals surface area contributed by atoms with E-state index in [1.54, 1.807) is 31.5 Å². The Morgan fingerprint density at radius 1 is 1.10 bits per heavy atom. The Morgan fingerprint density at radius 3 is 2.45 bits per heavy atom. The van der Waals surface area contributed by atoms with Gasteiger partial charge in [0.05, 0.1) is 18.8 Å². The van der Waals surface area contributed by atoms with Crippen LogP contribution in [0.25, 0.3) is 0 Å². The quantitative estimate of drug-likeness (QED) is 0.0340. The number of ether oxygens (including phenoxy) is 2. The number of aliphatic imine (C=N–C) groups is 1. The van der Waals surface area contributed by atoms with E-state index in [1.165, 1.54) is 0 Å². The Balaban J connectivity index is 0.00000821. The zero-order valence-corrected chi connectivity index (χ0v) is 26.2. The van der Waals surface area contributed by atoms with Gasteiger partial charge in [-0.25, -0.2) is 0 Å². The second kappa shape index (κ2) is 26.4. The van der Waals surface area contributed by atoms with Crippen LogP contribution in [0, 0.1) is 5.92 Å². The highest BCUT2D eigenvalue weighted by Gasteiger charge is 2.12. The molecule has 1 aromatic carbocycles. The number of rotatable bonds is 20. The molecule has 0 saturated carbocycles. The fraction of sp³-hybridized carbons (Fsp3) is 0.471. The number of nitrogens with one attached hydrogen (secondary N) is 1. The molecule has 1 atom stereocenters. The number of carbonyl (C=O) groups excluding carboxylic acids is 1. The zero-order chi connectivity index (χ0) is 31.4. The summed E-state index contributed by atoms with van der Waals surface area (Å²) in [6, 6.07) is 9.46. The van der Waals surface area contributed by atoms with Gasteiger partial charge in [0, 0.05) is 38.9 Å². The summed E-state index contributed by atoms with van der Waals surface area (Å²) in [6.07, 6.45) is 15.8. The molecule has 42 heavy (non-hydrogen) atoms. The number of unbranched alkanes of at least 4 members (excludes halogenated alkanes) is 1. The van der Waals surface area contributed by atoms with Crippen LogP contribution in [-0.4, -0.2) is 73.0 Å². The minimum atomic E-state index is -1.50. The summed E-state index contributed by atoms with van der Waals surface area (Å²) in [5.41, 5.74) is 0.441. The first-order valence-electron chi connectivity index (χ1n) is 14.9.